The van der Waals surface area contributed by atoms with Crippen LogP contribution in [0.1, 0.15) is 44.2 Å². The van der Waals surface area contributed by atoms with E-state index >= 15 is 0 Å². The van der Waals surface area contributed by atoms with Gasteiger partial charge in [0.05, 0.1) is 18.1 Å². The number of aliphatic hydroxyl groups excluding tert-OH is 1. The van der Waals surface area contributed by atoms with Crippen LogP contribution in [0.2, 0.25) is 0 Å². The van der Waals surface area contributed by atoms with Gasteiger partial charge >= 0.3 is 0 Å². The van der Waals surface area contributed by atoms with Gasteiger partial charge in [-0.2, -0.15) is 0 Å². The minimum Gasteiger partial charge on any atom is -0.391 e. The van der Waals surface area contributed by atoms with Gasteiger partial charge in [0, 0.05) is 6.04 Å². The number of carbonyl (C=O) groups is 1. The first-order valence-corrected chi connectivity index (χ1v) is 7.38. The van der Waals surface area contributed by atoms with Gasteiger partial charge in [0.25, 0.3) is 0 Å². The molecule has 1 aliphatic carbocycles. The summed E-state index contributed by atoms with van der Waals surface area (Å²) in [4.78, 5) is 12.3. The number of carbonyl (C=O) groups excluding carboxylic acids is 1. The van der Waals surface area contributed by atoms with Crippen LogP contribution in [0.25, 0.3) is 0 Å². The first-order chi connectivity index (χ1) is 9.59. The first-order valence-electron chi connectivity index (χ1n) is 7.38. The van der Waals surface area contributed by atoms with Gasteiger partial charge in [-0.15, -0.1) is 12.4 Å². The molecule has 0 saturated heterocycles. The zero-order chi connectivity index (χ0) is 14.5. The molecule has 4 atom stereocenters. The fourth-order valence-corrected chi connectivity index (χ4v) is 2.72. The van der Waals surface area contributed by atoms with Gasteiger partial charge in [0.2, 0.25) is 5.91 Å². The lowest BCUT2D eigenvalue weighted by molar-refractivity contribution is -0.127. The molecule has 1 saturated carbocycles. The number of benzene rings is 1. The molecule has 1 aromatic rings. The SMILES string of the molecule is CC(C(=O)N[C@H]1CCCC[C@@H]1O)C(N)c1ccccc1.Cl. The average molecular weight is 313 g/mol. The third-order valence-electron chi connectivity index (χ3n) is 4.19. The highest BCUT2D eigenvalue weighted by atomic mass is 35.5. The molecule has 1 aromatic carbocycles. The number of nitrogens with two attached hydrogens (primary N) is 1. The average Bonchev–Trinajstić information content (AvgIpc) is 2.49. The van der Waals surface area contributed by atoms with Crippen molar-refractivity contribution in [3.63, 3.8) is 0 Å². The van der Waals surface area contributed by atoms with Crippen LogP contribution in [-0.2, 0) is 4.79 Å². The summed E-state index contributed by atoms with van der Waals surface area (Å²) in [6.45, 7) is 1.84. The molecule has 21 heavy (non-hydrogen) atoms. The summed E-state index contributed by atoms with van der Waals surface area (Å²) < 4.78 is 0. The summed E-state index contributed by atoms with van der Waals surface area (Å²) in [6, 6.07) is 9.20. The Hall–Kier alpha value is -1.10. The summed E-state index contributed by atoms with van der Waals surface area (Å²) in [5, 5.41) is 12.9. The second-order valence-corrected chi connectivity index (χ2v) is 5.69. The van der Waals surface area contributed by atoms with Gasteiger partial charge in [0.1, 0.15) is 0 Å². The molecule has 0 radical (unpaired) electrons. The van der Waals surface area contributed by atoms with Crippen molar-refractivity contribution in [3.05, 3.63) is 35.9 Å². The Bertz CT molecular complexity index is 441. The maximum Gasteiger partial charge on any atom is 0.225 e. The maximum absolute atomic E-state index is 12.3. The van der Waals surface area contributed by atoms with Crippen molar-refractivity contribution >= 4 is 18.3 Å². The minimum absolute atomic E-state index is 0. The van der Waals surface area contributed by atoms with Gasteiger partial charge < -0.3 is 16.2 Å². The van der Waals surface area contributed by atoms with E-state index in [1.54, 1.807) is 0 Å². The van der Waals surface area contributed by atoms with Crippen LogP contribution in [0.3, 0.4) is 0 Å². The molecule has 1 amide bonds. The molecule has 2 rings (SSSR count). The van der Waals surface area contributed by atoms with E-state index in [2.05, 4.69) is 5.32 Å². The number of amides is 1. The normalized spacial score (nSPS) is 24.5. The van der Waals surface area contributed by atoms with Gasteiger partial charge in [-0.1, -0.05) is 50.1 Å². The molecule has 2 unspecified atom stereocenters. The van der Waals surface area contributed by atoms with Crippen LogP contribution >= 0.6 is 12.4 Å². The number of halogens is 1. The summed E-state index contributed by atoms with van der Waals surface area (Å²) in [6.07, 6.45) is 3.28. The predicted molar refractivity (Wildman–Crippen MR) is 86.2 cm³/mol. The molecule has 0 bridgehead atoms. The van der Waals surface area contributed by atoms with Crippen molar-refractivity contribution in [1.82, 2.24) is 5.32 Å². The smallest absolute Gasteiger partial charge is 0.225 e. The zero-order valence-electron chi connectivity index (χ0n) is 12.4. The summed E-state index contributed by atoms with van der Waals surface area (Å²) in [5.41, 5.74) is 7.11. The largest absolute Gasteiger partial charge is 0.391 e. The standard InChI is InChI=1S/C16H24N2O2.ClH/c1-11(15(17)12-7-3-2-4-8-12)16(20)18-13-9-5-6-10-14(13)19;/h2-4,7-8,11,13-15,19H,5-6,9-10,17H2,1H3,(H,18,20);1H/t11?,13-,14-,15?;/m0./s1. The molecule has 1 aliphatic rings. The van der Waals surface area contributed by atoms with Crippen molar-refractivity contribution in [2.75, 3.05) is 0 Å². The molecular formula is C16H25ClN2O2. The third kappa shape index (κ3) is 4.70. The van der Waals surface area contributed by atoms with E-state index in [9.17, 15) is 9.90 Å². The quantitative estimate of drug-likeness (QED) is 0.797. The maximum atomic E-state index is 12.3. The highest BCUT2D eigenvalue weighted by molar-refractivity contribution is 5.85. The van der Waals surface area contributed by atoms with Crippen LogP contribution in [0, 0.1) is 5.92 Å². The lowest BCUT2D eigenvalue weighted by Gasteiger charge is -2.30. The lowest BCUT2D eigenvalue weighted by Crippen LogP contribution is -2.48. The number of rotatable bonds is 4. The van der Waals surface area contributed by atoms with Crippen molar-refractivity contribution in [1.29, 1.82) is 0 Å². The predicted octanol–water partition coefficient (Wildman–Crippen LogP) is 2.16. The van der Waals surface area contributed by atoms with E-state index in [-0.39, 0.29) is 36.3 Å². The Kier molecular flexibility index (Phi) is 7.15. The van der Waals surface area contributed by atoms with Crippen molar-refractivity contribution in [2.24, 2.45) is 11.7 Å². The van der Waals surface area contributed by atoms with Gasteiger partial charge in [0.15, 0.2) is 0 Å². The topological polar surface area (TPSA) is 75.3 Å². The lowest BCUT2D eigenvalue weighted by atomic mass is 9.90. The van der Waals surface area contributed by atoms with Crippen LogP contribution in [-0.4, -0.2) is 23.2 Å². The molecule has 0 aromatic heterocycles. The zero-order valence-corrected chi connectivity index (χ0v) is 13.2. The molecule has 5 heteroatoms. The highest BCUT2D eigenvalue weighted by Crippen LogP contribution is 2.22. The van der Waals surface area contributed by atoms with E-state index < -0.39 is 6.10 Å². The molecule has 118 valence electrons. The van der Waals surface area contributed by atoms with Crippen LogP contribution in [0.4, 0.5) is 0 Å². The van der Waals surface area contributed by atoms with Gasteiger partial charge in [-0.3, -0.25) is 4.79 Å². The Labute approximate surface area is 132 Å². The van der Waals surface area contributed by atoms with Gasteiger partial charge in [-0.05, 0) is 18.4 Å². The third-order valence-corrected chi connectivity index (χ3v) is 4.19. The number of hydrogen-bond donors (Lipinski definition) is 3. The highest BCUT2D eigenvalue weighted by Gasteiger charge is 2.28. The van der Waals surface area contributed by atoms with E-state index in [1.165, 1.54) is 0 Å². The molecule has 1 fully saturated rings. The summed E-state index contributed by atoms with van der Waals surface area (Å²) >= 11 is 0. The fourth-order valence-electron chi connectivity index (χ4n) is 2.72. The summed E-state index contributed by atoms with van der Waals surface area (Å²) in [7, 11) is 0. The van der Waals surface area contributed by atoms with E-state index in [0.717, 1.165) is 31.2 Å². The Morgan fingerprint density at radius 3 is 2.52 bits per heavy atom. The van der Waals surface area contributed by atoms with Crippen molar-refractivity contribution in [2.45, 2.75) is 50.8 Å². The fraction of sp³-hybridized carbons (Fsp3) is 0.562. The second kappa shape index (κ2) is 8.37. The van der Waals surface area contributed by atoms with Crippen LogP contribution < -0.4 is 11.1 Å². The van der Waals surface area contributed by atoms with E-state index in [1.807, 2.05) is 37.3 Å². The Morgan fingerprint density at radius 2 is 1.90 bits per heavy atom. The van der Waals surface area contributed by atoms with E-state index in [4.69, 9.17) is 5.73 Å². The number of aliphatic hydroxyl groups is 1. The number of nitrogens with one attached hydrogen (secondary N) is 1. The van der Waals surface area contributed by atoms with Crippen LogP contribution in [0.5, 0.6) is 0 Å². The van der Waals surface area contributed by atoms with Crippen LogP contribution in [0.15, 0.2) is 30.3 Å². The van der Waals surface area contributed by atoms with Gasteiger partial charge in [-0.25, -0.2) is 0 Å². The Balaban J connectivity index is 0.00000220. The second-order valence-electron chi connectivity index (χ2n) is 5.69. The summed E-state index contributed by atoms with van der Waals surface area (Å²) in [5.74, 6) is -0.390. The minimum atomic E-state index is -0.423. The molecule has 4 N–H and O–H groups in total. The monoisotopic (exact) mass is 312 g/mol. The Morgan fingerprint density at radius 1 is 1.29 bits per heavy atom. The molecular weight excluding hydrogens is 288 g/mol. The molecule has 0 aliphatic heterocycles. The van der Waals surface area contributed by atoms with Crippen molar-refractivity contribution < 1.29 is 9.90 Å². The number of hydrogen-bond acceptors (Lipinski definition) is 3. The molecule has 4 nitrogen and oxygen atoms in total. The first kappa shape index (κ1) is 18.0. The molecule has 0 heterocycles. The molecule has 0 spiro atoms. The van der Waals surface area contributed by atoms with E-state index in [0.29, 0.717) is 0 Å². The van der Waals surface area contributed by atoms with Crippen molar-refractivity contribution in [3.8, 4) is 0 Å².